The van der Waals surface area contributed by atoms with E-state index in [-0.39, 0.29) is 5.97 Å². The summed E-state index contributed by atoms with van der Waals surface area (Å²) in [4.78, 5) is 10.1. The lowest BCUT2D eigenvalue weighted by molar-refractivity contribution is -0.137. The number of esters is 1. The van der Waals surface area contributed by atoms with Gasteiger partial charge in [-0.1, -0.05) is 36.9 Å². The molecule has 0 heterocycles. The molecule has 1 aromatic carbocycles. The van der Waals surface area contributed by atoms with Gasteiger partial charge in [0, 0.05) is 6.08 Å². The second kappa shape index (κ2) is 10.9. The summed E-state index contributed by atoms with van der Waals surface area (Å²) in [7, 11) is 1.98. The summed E-state index contributed by atoms with van der Waals surface area (Å²) >= 11 is 0. The highest BCUT2D eigenvalue weighted by Crippen LogP contribution is 1.97. The second-order valence-electron chi connectivity index (χ2n) is 3.30. The summed E-state index contributed by atoms with van der Waals surface area (Å²) in [6, 6.07) is 10.5. The zero-order valence-corrected chi connectivity index (χ0v) is 10.6. The first-order valence-corrected chi connectivity index (χ1v) is 5.72. The average Bonchev–Trinajstić information content (AvgIpc) is 2.38. The number of likely N-dealkylation sites (N-methyl/N-ethyl adjacent to an activating group) is 1. The SMILES string of the molecule is C=CC(=O)OCC.CNCCc1ccccc1. The highest BCUT2D eigenvalue weighted by Gasteiger charge is 1.87. The van der Waals surface area contributed by atoms with Crippen molar-refractivity contribution in [3.63, 3.8) is 0 Å². The number of rotatable bonds is 5. The number of carbonyl (C=O) groups excluding carboxylic acids is 1. The third kappa shape index (κ3) is 9.33. The van der Waals surface area contributed by atoms with Crippen molar-refractivity contribution in [2.24, 2.45) is 0 Å². The molecule has 3 nitrogen and oxygen atoms in total. The van der Waals surface area contributed by atoms with Crippen LogP contribution in [0, 0.1) is 0 Å². The third-order valence-electron chi connectivity index (χ3n) is 1.96. The van der Waals surface area contributed by atoms with Gasteiger partial charge in [-0.3, -0.25) is 0 Å². The predicted molar refractivity (Wildman–Crippen MR) is 70.9 cm³/mol. The first-order valence-electron chi connectivity index (χ1n) is 5.72. The van der Waals surface area contributed by atoms with Gasteiger partial charge in [0.05, 0.1) is 6.61 Å². The molecule has 0 atom stereocenters. The van der Waals surface area contributed by atoms with E-state index in [1.54, 1.807) is 6.92 Å². The van der Waals surface area contributed by atoms with Gasteiger partial charge in [0.2, 0.25) is 0 Å². The van der Waals surface area contributed by atoms with E-state index < -0.39 is 0 Å². The summed E-state index contributed by atoms with van der Waals surface area (Å²) in [5.74, 6) is -0.359. The minimum absolute atomic E-state index is 0.359. The van der Waals surface area contributed by atoms with Crippen molar-refractivity contribution in [1.29, 1.82) is 0 Å². The van der Waals surface area contributed by atoms with Crippen LogP contribution in [0.25, 0.3) is 0 Å². The van der Waals surface area contributed by atoms with Gasteiger partial charge in [-0.25, -0.2) is 4.79 Å². The van der Waals surface area contributed by atoms with E-state index >= 15 is 0 Å². The largest absolute Gasteiger partial charge is 0.463 e. The molecule has 0 unspecified atom stereocenters. The molecule has 0 saturated carbocycles. The summed E-state index contributed by atoms with van der Waals surface area (Å²) < 4.78 is 4.43. The second-order valence-corrected chi connectivity index (χ2v) is 3.30. The Morgan fingerprint density at radius 3 is 2.47 bits per heavy atom. The molecule has 94 valence electrons. The van der Waals surface area contributed by atoms with Crippen molar-refractivity contribution in [3.8, 4) is 0 Å². The van der Waals surface area contributed by atoms with Crippen LogP contribution >= 0.6 is 0 Å². The Kier molecular flexibility index (Phi) is 9.86. The number of carbonyl (C=O) groups is 1. The summed E-state index contributed by atoms with van der Waals surface area (Å²) in [5, 5.41) is 3.12. The molecule has 0 aromatic heterocycles. The van der Waals surface area contributed by atoms with Gasteiger partial charge in [0.1, 0.15) is 0 Å². The van der Waals surface area contributed by atoms with E-state index in [9.17, 15) is 4.79 Å². The maximum absolute atomic E-state index is 10.1. The van der Waals surface area contributed by atoms with E-state index in [4.69, 9.17) is 0 Å². The van der Waals surface area contributed by atoms with Gasteiger partial charge in [0.15, 0.2) is 0 Å². The Morgan fingerprint density at radius 2 is 2.06 bits per heavy atom. The van der Waals surface area contributed by atoms with Crippen molar-refractivity contribution < 1.29 is 9.53 Å². The number of hydrogen-bond acceptors (Lipinski definition) is 3. The van der Waals surface area contributed by atoms with Gasteiger partial charge in [-0.15, -0.1) is 0 Å². The van der Waals surface area contributed by atoms with Crippen LogP contribution in [0.5, 0.6) is 0 Å². The maximum atomic E-state index is 10.1. The monoisotopic (exact) mass is 235 g/mol. The number of benzene rings is 1. The highest BCUT2D eigenvalue weighted by atomic mass is 16.5. The van der Waals surface area contributed by atoms with Crippen molar-refractivity contribution in [3.05, 3.63) is 48.6 Å². The molecule has 3 heteroatoms. The maximum Gasteiger partial charge on any atom is 0.330 e. The Morgan fingerprint density at radius 1 is 1.41 bits per heavy atom. The molecule has 0 aliphatic rings. The van der Waals surface area contributed by atoms with E-state index in [0.717, 1.165) is 19.0 Å². The summed E-state index contributed by atoms with van der Waals surface area (Å²) in [5.41, 5.74) is 1.40. The first-order chi connectivity index (χ1) is 8.24. The summed E-state index contributed by atoms with van der Waals surface area (Å²) in [6.07, 6.45) is 2.26. The molecule has 1 aromatic rings. The fraction of sp³-hybridized carbons (Fsp3) is 0.357. The molecular weight excluding hydrogens is 214 g/mol. The number of hydrogen-bond donors (Lipinski definition) is 1. The normalized spacial score (nSPS) is 8.82. The van der Waals surface area contributed by atoms with Crippen molar-refractivity contribution in [2.45, 2.75) is 13.3 Å². The Balaban J connectivity index is 0.000000325. The minimum atomic E-state index is -0.359. The quantitative estimate of drug-likeness (QED) is 0.628. The molecule has 0 bridgehead atoms. The predicted octanol–water partition coefficient (Wildman–Crippen LogP) is 2.18. The molecule has 0 saturated heterocycles. The molecule has 0 fully saturated rings. The molecule has 0 radical (unpaired) electrons. The zero-order valence-electron chi connectivity index (χ0n) is 10.6. The van der Waals surface area contributed by atoms with Crippen LogP contribution < -0.4 is 5.32 Å². The van der Waals surface area contributed by atoms with Crippen molar-refractivity contribution >= 4 is 5.97 Å². The van der Waals surface area contributed by atoms with Gasteiger partial charge >= 0.3 is 5.97 Å². The molecule has 0 amide bonds. The standard InChI is InChI=1S/C9H13N.C5H8O2/c1-10-8-7-9-5-3-2-4-6-9;1-3-5(6)7-4-2/h2-6,10H,7-8H2,1H3;3H,1,4H2,2H3. The molecule has 17 heavy (non-hydrogen) atoms. The zero-order chi connectivity index (χ0) is 12.9. The van der Waals surface area contributed by atoms with E-state index in [1.807, 2.05) is 13.1 Å². The fourth-order valence-electron chi connectivity index (χ4n) is 1.12. The lowest BCUT2D eigenvalue weighted by Gasteiger charge is -1.97. The van der Waals surface area contributed by atoms with Crippen molar-refractivity contribution in [1.82, 2.24) is 5.32 Å². The Bertz CT molecular complexity index is 309. The highest BCUT2D eigenvalue weighted by molar-refractivity contribution is 5.81. The third-order valence-corrected chi connectivity index (χ3v) is 1.96. The van der Waals surface area contributed by atoms with Gasteiger partial charge in [0.25, 0.3) is 0 Å². The van der Waals surface area contributed by atoms with Crippen LogP contribution in [-0.4, -0.2) is 26.2 Å². The number of ether oxygens (including phenoxy) is 1. The van der Waals surface area contributed by atoms with Crippen molar-refractivity contribution in [2.75, 3.05) is 20.2 Å². The first kappa shape index (κ1) is 15.4. The molecule has 0 aliphatic heterocycles. The topological polar surface area (TPSA) is 38.3 Å². The van der Waals surface area contributed by atoms with Crippen LogP contribution in [-0.2, 0) is 16.0 Å². The van der Waals surface area contributed by atoms with Crippen LogP contribution in [0.4, 0.5) is 0 Å². The molecule has 1 rings (SSSR count). The fourth-order valence-corrected chi connectivity index (χ4v) is 1.12. The van der Waals surface area contributed by atoms with Crippen LogP contribution in [0.15, 0.2) is 43.0 Å². The molecule has 0 aliphatic carbocycles. The Hall–Kier alpha value is -1.61. The minimum Gasteiger partial charge on any atom is -0.463 e. The lowest BCUT2D eigenvalue weighted by Crippen LogP contribution is -2.09. The Labute approximate surface area is 103 Å². The van der Waals surface area contributed by atoms with Gasteiger partial charge in [-0.2, -0.15) is 0 Å². The summed E-state index contributed by atoms with van der Waals surface area (Å²) in [6.45, 7) is 6.44. The molecular formula is C14H21NO2. The lowest BCUT2D eigenvalue weighted by atomic mass is 10.2. The number of nitrogens with one attached hydrogen (secondary N) is 1. The van der Waals surface area contributed by atoms with Gasteiger partial charge in [-0.05, 0) is 32.5 Å². The van der Waals surface area contributed by atoms with E-state index in [0.29, 0.717) is 6.61 Å². The smallest absolute Gasteiger partial charge is 0.330 e. The van der Waals surface area contributed by atoms with Crippen LogP contribution in [0.3, 0.4) is 0 Å². The van der Waals surface area contributed by atoms with Crippen LogP contribution in [0.2, 0.25) is 0 Å². The average molecular weight is 235 g/mol. The van der Waals surface area contributed by atoms with Gasteiger partial charge < -0.3 is 10.1 Å². The van der Waals surface area contributed by atoms with Crippen LogP contribution in [0.1, 0.15) is 12.5 Å². The molecule has 0 spiro atoms. The van der Waals surface area contributed by atoms with E-state index in [1.165, 1.54) is 5.56 Å². The van der Waals surface area contributed by atoms with E-state index in [2.05, 4.69) is 40.9 Å². The molecule has 1 N–H and O–H groups in total.